The average Bonchev–Trinajstić information content (AvgIpc) is 3.13. The van der Waals surface area contributed by atoms with Crippen LogP contribution in [0.5, 0.6) is 0 Å². The Morgan fingerprint density at radius 1 is 1.03 bits per heavy atom. The third-order valence-corrected chi connectivity index (χ3v) is 6.53. The van der Waals surface area contributed by atoms with Crippen molar-refractivity contribution in [1.29, 1.82) is 0 Å². The number of rotatable bonds is 2. The van der Waals surface area contributed by atoms with Gasteiger partial charge >= 0.3 is 6.03 Å². The topological polar surface area (TPSA) is 48.1 Å². The van der Waals surface area contributed by atoms with Crippen LogP contribution in [0.2, 0.25) is 0 Å². The first-order valence-electron chi connectivity index (χ1n) is 10.9. The maximum absolute atomic E-state index is 14.3. The molecule has 1 aliphatic heterocycles. The summed E-state index contributed by atoms with van der Waals surface area (Å²) in [6, 6.07) is 20.5. The minimum Gasteiger partial charge on any atom is -0.356 e. The molecule has 1 aromatic heterocycles. The van der Waals surface area contributed by atoms with Crippen molar-refractivity contribution in [1.82, 2.24) is 9.88 Å². The maximum Gasteiger partial charge on any atom is 0.322 e. The van der Waals surface area contributed by atoms with Crippen molar-refractivity contribution in [3.05, 3.63) is 100 Å². The molecule has 2 amide bonds. The van der Waals surface area contributed by atoms with Crippen LogP contribution in [0, 0.1) is 19.7 Å². The molecule has 0 spiro atoms. The number of aromatic amines is 1. The van der Waals surface area contributed by atoms with Crippen molar-refractivity contribution < 1.29 is 9.18 Å². The number of urea groups is 1. The molecule has 32 heavy (non-hydrogen) atoms. The van der Waals surface area contributed by atoms with E-state index in [1.165, 1.54) is 17.7 Å². The molecular formula is C27H26FN3O. The number of hydrogen-bond acceptors (Lipinski definition) is 1. The summed E-state index contributed by atoms with van der Waals surface area (Å²) in [5.41, 5.74) is 5.97. The molecule has 5 heteroatoms. The summed E-state index contributed by atoms with van der Waals surface area (Å²) in [5, 5.41) is 4.23. The maximum atomic E-state index is 14.3. The summed E-state index contributed by atoms with van der Waals surface area (Å²) in [4.78, 5) is 19.0. The molecule has 2 N–H and O–H groups in total. The van der Waals surface area contributed by atoms with Gasteiger partial charge in [-0.05, 0) is 79.8 Å². The van der Waals surface area contributed by atoms with Crippen LogP contribution in [0.4, 0.5) is 14.9 Å². The normalized spacial score (nSPS) is 17.9. The lowest BCUT2D eigenvalue weighted by atomic mass is 9.81. The molecule has 2 heterocycles. The third kappa shape index (κ3) is 3.25. The van der Waals surface area contributed by atoms with E-state index in [0.29, 0.717) is 6.54 Å². The molecule has 3 aromatic carbocycles. The summed E-state index contributed by atoms with van der Waals surface area (Å²) in [6.07, 6.45) is 0.727. The van der Waals surface area contributed by atoms with Crippen LogP contribution in [0.15, 0.2) is 66.7 Å². The van der Waals surface area contributed by atoms with Gasteiger partial charge in [-0.2, -0.15) is 0 Å². The fraction of sp³-hybridized carbons (Fsp3) is 0.222. The highest BCUT2D eigenvalue weighted by molar-refractivity contribution is 5.92. The van der Waals surface area contributed by atoms with Crippen LogP contribution < -0.4 is 5.32 Å². The summed E-state index contributed by atoms with van der Waals surface area (Å²) < 4.78 is 14.3. The van der Waals surface area contributed by atoms with E-state index in [1.807, 2.05) is 62.1 Å². The summed E-state index contributed by atoms with van der Waals surface area (Å²) in [6.45, 7) is 6.54. The number of hydrogen-bond donors (Lipinski definition) is 2. The number of aromatic nitrogens is 1. The van der Waals surface area contributed by atoms with Gasteiger partial charge in [0.1, 0.15) is 11.4 Å². The second kappa shape index (κ2) is 7.52. The first-order valence-corrected chi connectivity index (χ1v) is 10.9. The van der Waals surface area contributed by atoms with Gasteiger partial charge < -0.3 is 15.2 Å². The second-order valence-corrected chi connectivity index (χ2v) is 8.81. The van der Waals surface area contributed by atoms with Gasteiger partial charge in [0.25, 0.3) is 0 Å². The zero-order valence-electron chi connectivity index (χ0n) is 18.5. The first-order chi connectivity index (χ1) is 15.4. The van der Waals surface area contributed by atoms with E-state index in [0.717, 1.165) is 45.4 Å². The summed E-state index contributed by atoms with van der Waals surface area (Å²) in [7, 11) is 0. The predicted octanol–water partition coefficient (Wildman–Crippen LogP) is 6.28. The third-order valence-electron chi connectivity index (χ3n) is 6.53. The quantitative estimate of drug-likeness (QED) is 0.389. The van der Waals surface area contributed by atoms with E-state index in [2.05, 4.69) is 22.4 Å². The molecule has 1 atom stereocenters. The van der Waals surface area contributed by atoms with Gasteiger partial charge in [0.15, 0.2) is 0 Å². The molecule has 162 valence electrons. The fourth-order valence-corrected chi connectivity index (χ4v) is 5.09. The predicted molar refractivity (Wildman–Crippen MR) is 126 cm³/mol. The molecule has 1 aliphatic rings. The number of halogens is 1. The van der Waals surface area contributed by atoms with E-state index in [1.54, 1.807) is 6.07 Å². The SMILES string of the molecule is Cc1cc(C)cc(NC(=O)N2CCc3c([nH]c4ccccc34)C2(C)c2cccc(F)c2)c1. The van der Waals surface area contributed by atoms with Gasteiger partial charge in [-0.15, -0.1) is 0 Å². The highest BCUT2D eigenvalue weighted by Gasteiger charge is 2.45. The number of H-pyrrole nitrogens is 1. The molecular weight excluding hydrogens is 401 g/mol. The Kier molecular flexibility index (Phi) is 4.77. The Bertz CT molecular complexity index is 1320. The molecule has 0 bridgehead atoms. The Hall–Kier alpha value is -3.60. The molecule has 0 saturated carbocycles. The van der Waals surface area contributed by atoms with E-state index in [4.69, 9.17) is 0 Å². The monoisotopic (exact) mass is 427 g/mol. The summed E-state index contributed by atoms with van der Waals surface area (Å²) >= 11 is 0. The van der Waals surface area contributed by atoms with E-state index >= 15 is 0 Å². The highest BCUT2D eigenvalue weighted by atomic mass is 19.1. The second-order valence-electron chi connectivity index (χ2n) is 8.81. The number of anilines is 1. The first kappa shape index (κ1) is 20.3. The number of para-hydroxylation sites is 1. The molecule has 5 rings (SSSR count). The highest BCUT2D eigenvalue weighted by Crippen LogP contribution is 2.43. The number of nitrogens with zero attached hydrogens (tertiary/aromatic N) is 1. The minimum absolute atomic E-state index is 0.203. The Morgan fingerprint density at radius 3 is 2.53 bits per heavy atom. The van der Waals surface area contributed by atoms with E-state index in [9.17, 15) is 9.18 Å². The van der Waals surface area contributed by atoms with Crippen molar-refractivity contribution in [2.45, 2.75) is 32.7 Å². The molecule has 4 aromatic rings. The molecule has 4 nitrogen and oxygen atoms in total. The van der Waals surface area contributed by atoms with Gasteiger partial charge in [-0.25, -0.2) is 9.18 Å². The van der Waals surface area contributed by atoms with Crippen molar-refractivity contribution in [3.8, 4) is 0 Å². The Labute approximate surface area is 187 Å². The van der Waals surface area contributed by atoms with E-state index in [-0.39, 0.29) is 11.8 Å². The largest absolute Gasteiger partial charge is 0.356 e. The lowest BCUT2D eigenvalue weighted by Gasteiger charge is -2.45. The van der Waals surface area contributed by atoms with Crippen molar-refractivity contribution in [3.63, 3.8) is 0 Å². The number of carbonyl (C=O) groups is 1. The van der Waals surface area contributed by atoms with Crippen LogP contribution in [0.3, 0.4) is 0 Å². The van der Waals surface area contributed by atoms with E-state index < -0.39 is 5.54 Å². The lowest BCUT2D eigenvalue weighted by molar-refractivity contribution is 0.148. The van der Waals surface area contributed by atoms with Gasteiger partial charge in [0.2, 0.25) is 0 Å². The standard InChI is InChI=1S/C27H26FN3O/c1-17-13-18(2)15-21(14-17)29-26(32)31-12-11-23-22-9-4-5-10-24(22)30-25(23)27(31,3)19-7-6-8-20(28)16-19/h4-10,13-16,30H,11-12H2,1-3H3,(H,29,32). The van der Waals surface area contributed by atoms with Crippen LogP contribution in [0.1, 0.15) is 34.9 Å². The molecule has 0 radical (unpaired) electrons. The molecule has 0 saturated heterocycles. The van der Waals surface area contributed by atoms with Crippen LogP contribution in [-0.4, -0.2) is 22.5 Å². The van der Waals surface area contributed by atoms with Gasteiger partial charge in [0, 0.05) is 28.8 Å². The minimum atomic E-state index is -0.850. The zero-order valence-corrected chi connectivity index (χ0v) is 18.5. The summed E-state index contributed by atoms with van der Waals surface area (Å²) in [5.74, 6) is -0.318. The lowest BCUT2D eigenvalue weighted by Crippen LogP contribution is -2.54. The number of nitrogens with one attached hydrogen (secondary N) is 2. The van der Waals surface area contributed by atoms with Gasteiger partial charge in [0.05, 0.1) is 0 Å². The number of fused-ring (bicyclic) bond motifs is 3. The van der Waals surface area contributed by atoms with Gasteiger partial charge in [-0.1, -0.05) is 36.4 Å². The van der Waals surface area contributed by atoms with Crippen LogP contribution in [0.25, 0.3) is 10.9 Å². The van der Waals surface area contributed by atoms with Crippen LogP contribution in [-0.2, 0) is 12.0 Å². The molecule has 0 aliphatic carbocycles. The molecule has 0 fully saturated rings. The van der Waals surface area contributed by atoms with Gasteiger partial charge in [-0.3, -0.25) is 0 Å². The van der Waals surface area contributed by atoms with Crippen molar-refractivity contribution in [2.75, 3.05) is 11.9 Å². The number of amides is 2. The number of benzene rings is 3. The number of carbonyl (C=O) groups excluding carboxylic acids is 1. The zero-order chi connectivity index (χ0) is 22.5. The molecule has 1 unspecified atom stereocenters. The van der Waals surface area contributed by atoms with Crippen molar-refractivity contribution in [2.24, 2.45) is 0 Å². The smallest absolute Gasteiger partial charge is 0.322 e. The Morgan fingerprint density at radius 2 is 1.78 bits per heavy atom. The fourth-order valence-electron chi connectivity index (χ4n) is 5.09. The number of aryl methyl sites for hydroxylation is 2. The average molecular weight is 428 g/mol. The van der Waals surface area contributed by atoms with Crippen molar-refractivity contribution >= 4 is 22.6 Å². The van der Waals surface area contributed by atoms with Crippen LogP contribution >= 0.6 is 0 Å². The Balaban J connectivity index is 1.64.